The fourth-order valence-corrected chi connectivity index (χ4v) is 3.68. The number of hydrogen-bond donors (Lipinski definition) is 1. The van der Waals surface area contributed by atoms with Gasteiger partial charge in [-0.2, -0.15) is 0 Å². The summed E-state index contributed by atoms with van der Waals surface area (Å²) in [6.07, 6.45) is 8.60. The van der Waals surface area contributed by atoms with Crippen molar-refractivity contribution in [3.8, 4) is 0 Å². The normalized spacial score (nSPS) is 17.2. The summed E-state index contributed by atoms with van der Waals surface area (Å²) in [6.45, 7) is 7.18. The molecule has 0 radical (unpaired) electrons. The first-order valence-electron chi connectivity index (χ1n) is 9.62. The Morgan fingerprint density at radius 3 is 2.69 bits per heavy atom. The summed E-state index contributed by atoms with van der Waals surface area (Å²) < 4.78 is 0. The zero-order chi connectivity index (χ0) is 18.5. The smallest absolute Gasteiger partial charge is 0.257 e. The van der Waals surface area contributed by atoms with Gasteiger partial charge in [-0.15, -0.1) is 0 Å². The molecule has 1 aromatic carbocycles. The van der Waals surface area contributed by atoms with Gasteiger partial charge in [-0.05, 0) is 50.2 Å². The van der Waals surface area contributed by atoms with Crippen LogP contribution < -0.4 is 5.32 Å². The van der Waals surface area contributed by atoms with E-state index < -0.39 is 0 Å². The van der Waals surface area contributed by atoms with Crippen molar-refractivity contribution in [1.82, 2.24) is 14.9 Å². The summed E-state index contributed by atoms with van der Waals surface area (Å²) in [5, 5.41) is 3.31. The third-order valence-electron chi connectivity index (χ3n) is 5.23. The number of aromatic nitrogens is 2. The van der Waals surface area contributed by atoms with Crippen LogP contribution in [0.4, 0.5) is 11.6 Å². The number of carbonyl (C=O) groups excluding carboxylic acids is 1. The maximum absolute atomic E-state index is 12.8. The number of piperidine rings is 1. The Labute approximate surface area is 155 Å². The van der Waals surface area contributed by atoms with Crippen LogP contribution in [0.2, 0.25) is 0 Å². The molecule has 138 valence electrons. The van der Waals surface area contributed by atoms with Gasteiger partial charge in [-0.1, -0.05) is 32.0 Å². The molecule has 1 saturated heterocycles. The van der Waals surface area contributed by atoms with E-state index in [1.165, 1.54) is 12.0 Å². The minimum Gasteiger partial charge on any atom is -0.336 e. The number of hydrogen-bond acceptors (Lipinski definition) is 4. The predicted molar refractivity (Wildman–Crippen MR) is 105 cm³/mol. The van der Waals surface area contributed by atoms with Gasteiger partial charge in [-0.25, -0.2) is 9.97 Å². The zero-order valence-electron chi connectivity index (χ0n) is 16.0. The summed E-state index contributed by atoms with van der Waals surface area (Å²) in [5.41, 5.74) is 4.01. The molecule has 1 aromatic heterocycles. The molecule has 1 unspecified atom stereocenters. The van der Waals surface area contributed by atoms with Crippen LogP contribution in [0.3, 0.4) is 0 Å². The Morgan fingerprint density at radius 1 is 1.23 bits per heavy atom. The second kappa shape index (κ2) is 8.30. The van der Waals surface area contributed by atoms with Crippen molar-refractivity contribution in [2.24, 2.45) is 0 Å². The number of nitrogens with zero attached hydrogens (tertiary/aromatic N) is 3. The largest absolute Gasteiger partial charge is 0.336 e. The fraction of sp³-hybridized carbons (Fsp3) is 0.476. The summed E-state index contributed by atoms with van der Waals surface area (Å²) in [6, 6.07) is 6.58. The minimum absolute atomic E-state index is 0.0493. The molecule has 0 spiro atoms. The Hall–Kier alpha value is -2.43. The molecule has 5 heteroatoms. The van der Waals surface area contributed by atoms with Crippen LogP contribution in [-0.4, -0.2) is 33.4 Å². The molecular weight excluding hydrogens is 324 g/mol. The Morgan fingerprint density at radius 2 is 2.00 bits per heavy atom. The van der Waals surface area contributed by atoms with Crippen LogP contribution in [-0.2, 0) is 6.42 Å². The molecule has 0 saturated carbocycles. The second-order valence-corrected chi connectivity index (χ2v) is 6.94. The SMILES string of the molecule is CCc1cccc(C)c1Nc1ncc(C(=O)N2CCCCC2CC)cn1. The Kier molecular flexibility index (Phi) is 5.86. The topological polar surface area (TPSA) is 58.1 Å². The average molecular weight is 352 g/mol. The van der Waals surface area contributed by atoms with Crippen molar-refractivity contribution < 1.29 is 4.79 Å². The van der Waals surface area contributed by atoms with E-state index in [2.05, 4.69) is 54.3 Å². The number of nitrogens with one attached hydrogen (secondary N) is 1. The summed E-state index contributed by atoms with van der Waals surface area (Å²) in [4.78, 5) is 23.6. The molecule has 2 aromatic rings. The highest BCUT2D eigenvalue weighted by molar-refractivity contribution is 5.94. The van der Waals surface area contributed by atoms with E-state index in [-0.39, 0.29) is 5.91 Å². The first-order chi connectivity index (χ1) is 12.6. The molecule has 1 aliphatic rings. The molecule has 1 aliphatic heterocycles. The molecule has 1 atom stereocenters. The van der Waals surface area contributed by atoms with Crippen LogP contribution >= 0.6 is 0 Å². The summed E-state index contributed by atoms with van der Waals surface area (Å²) in [5.74, 6) is 0.574. The summed E-state index contributed by atoms with van der Waals surface area (Å²) in [7, 11) is 0. The molecule has 2 heterocycles. The quantitative estimate of drug-likeness (QED) is 0.861. The lowest BCUT2D eigenvalue weighted by molar-refractivity contribution is 0.0607. The van der Waals surface area contributed by atoms with Gasteiger partial charge in [-0.3, -0.25) is 4.79 Å². The molecule has 5 nitrogen and oxygen atoms in total. The molecule has 1 fully saturated rings. The molecule has 0 bridgehead atoms. The highest BCUT2D eigenvalue weighted by Gasteiger charge is 2.26. The van der Waals surface area contributed by atoms with Crippen LogP contribution in [0.1, 0.15) is 61.0 Å². The number of carbonyl (C=O) groups is 1. The van der Waals surface area contributed by atoms with Crippen molar-refractivity contribution in [2.75, 3.05) is 11.9 Å². The van der Waals surface area contributed by atoms with Gasteiger partial charge in [0, 0.05) is 30.7 Å². The third-order valence-corrected chi connectivity index (χ3v) is 5.23. The molecule has 0 aliphatic carbocycles. The van der Waals surface area contributed by atoms with E-state index in [1.807, 2.05) is 4.90 Å². The monoisotopic (exact) mass is 352 g/mol. The van der Waals surface area contributed by atoms with Crippen molar-refractivity contribution in [3.63, 3.8) is 0 Å². The number of aryl methyl sites for hydroxylation is 2. The molecule has 1 amide bonds. The summed E-state index contributed by atoms with van der Waals surface area (Å²) >= 11 is 0. The minimum atomic E-state index is 0.0493. The van der Waals surface area contributed by atoms with E-state index in [4.69, 9.17) is 0 Å². The van der Waals surface area contributed by atoms with Crippen molar-refractivity contribution >= 4 is 17.5 Å². The maximum Gasteiger partial charge on any atom is 0.257 e. The van der Waals surface area contributed by atoms with Crippen molar-refractivity contribution in [2.45, 2.75) is 58.9 Å². The average Bonchev–Trinajstić information content (AvgIpc) is 2.69. The number of amides is 1. The second-order valence-electron chi connectivity index (χ2n) is 6.94. The Balaban J connectivity index is 1.76. The van der Waals surface area contributed by atoms with E-state index in [0.717, 1.165) is 43.5 Å². The van der Waals surface area contributed by atoms with Gasteiger partial charge in [0.25, 0.3) is 5.91 Å². The van der Waals surface area contributed by atoms with Gasteiger partial charge in [0.2, 0.25) is 5.95 Å². The van der Waals surface area contributed by atoms with Gasteiger partial charge < -0.3 is 10.2 Å². The standard InChI is InChI=1S/C21H28N4O/c1-4-16-10-8-9-15(3)19(16)24-21-22-13-17(14-23-21)20(26)25-12-7-6-11-18(25)5-2/h8-10,13-14,18H,4-7,11-12H2,1-3H3,(H,22,23,24). The Bertz CT molecular complexity index is 757. The van der Waals surface area contributed by atoms with Crippen molar-refractivity contribution in [1.29, 1.82) is 0 Å². The maximum atomic E-state index is 12.8. The zero-order valence-corrected chi connectivity index (χ0v) is 16.0. The van der Waals surface area contributed by atoms with E-state index in [0.29, 0.717) is 17.6 Å². The highest BCUT2D eigenvalue weighted by Crippen LogP contribution is 2.24. The lowest BCUT2D eigenvalue weighted by Gasteiger charge is -2.35. The highest BCUT2D eigenvalue weighted by atomic mass is 16.2. The van der Waals surface area contributed by atoms with Crippen LogP contribution in [0, 0.1) is 6.92 Å². The third kappa shape index (κ3) is 3.87. The number of para-hydroxylation sites is 1. The van der Waals surface area contributed by atoms with E-state index >= 15 is 0 Å². The number of benzene rings is 1. The van der Waals surface area contributed by atoms with Gasteiger partial charge in [0.15, 0.2) is 0 Å². The lowest BCUT2D eigenvalue weighted by atomic mass is 9.99. The molecular formula is C21H28N4O. The number of likely N-dealkylation sites (tertiary alicyclic amines) is 1. The van der Waals surface area contributed by atoms with Gasteiger partial charge >= 0.3 is 0 Å². The predicted octanol–water partition coefficient (Wildman–Crippen LogP) is 4.50. The van der Waals surface area contributed by atoms with E-state index in [9.17, 15) is 4.79 Å². The molecule has 3 rings (SSSR count). The van der Waals surface area contributed by atoms with E-state index in [1.54, 1.807) is 12.4 Å². The van der Waals surface area contributed by atoms with Gasteiger partial charge in [0.05, 0.1) is 5.56 Å². The van der Waals surface area contributed by atoms with Crippen LogP contribution in [0.5, 0.6) is 0 Å². The lowest BCUT2D eigenvalue weighted by Crippen LogP contribution is -2.43. The molecule has 26 heavy (non-hydrogen) atoms. The van der Waals surface area contributed by atoms with Crippen molar-refractivity contribution in [3.05, 3.63) is 47.3 Å². The fourth-order valence-electron chi connectivity index (χ4n) is 3.68. The first-order valence-corrected chi connectivity index (χ1v) is 9.62. The first kappa shape index (κ1) is 18.4. The van der Waals surface area contributed by atoms with Crippen LogP contribution in [0.15, 0.2) is 30.6 Å². The number of rotatable bonds is 5. The molecule has 1 N–H and O–H groups in total. The van der Waals surface area contributed by atoms with Crippen LogP contribution in [0.25, 0.3) is 0 Å². The van der Waals surface area contributed by atoms with Gasteiger partial charge in [0.1, 0.15) is 0 Å². The number of anilines is 2.